The van der Waals surface area contributed by atoms with Gasteiger partial charge in [-0.15, -0.1) is 0 Å². The molecule has 0 N–H and O–H groups in total. The van der Waals surface area contributed by atoms with Crippen molar-refractivity contribution in [1.82, 2.24) is 0 Å². The predicted molar refractivity (Wildman–Crippen MR) is 130 cm³/mol. The second kappa shape index (κ2) is 11.6. The summed E-state index contributed by atoms with van der Waals surface area (Å²) in [5.41, 5.74) is 0.108. The number of carbonyl (C=O) groups is 2. The first-order chi connectivity index (χ1) is 15.5. The summed E-state index contributed by atoms with van der Waals surface area (Å²) in [5, 5.41) is 3.88. The molecule has 5 heteroatoms. The van der Waals surface area contributed by atoms with Gasteiger partial charge >= 0.3 is 5.97 Å². The molecule has 4 nitrogen and oxygen atoms in total. The molecule has 2 aromatic rings. The summed E-state index contributed by atoms with van der Waals surface area (Å²) in [6, 6.07) is 18.1. The van der Waals surface area contributed by atoms with Crippen LogP contribution in [0.2, 0.25) is 0 Å². The minimum atomic E-state index is -0.959. The molecule has 32 heavy (non-hydrogen) atoms. The van der Waals surface area contributed by atoms with Gasteiger partial charge in [-0.2, -0.15) is 0 Å². The van der Waals surface area contributed by atoms with Crippen LogP contribution in [0, 0.1) is 0 Å². The second-order valence-corrected chi connectivity index (χ2v) is 8.98. The molecule has 2 aromatic carbocycles. The first-order valence-corrected chi connectivity index (χ1v) is 11.8. The summed E-state index contributed by atoms with van der Waals surface area (Å²) in [7, 11) is 0. The lowest BCUT2D eigenvalue weighted by Gasteiger charge is -2.28. The third-order valence-electron chi connectivity index (χ3n) is 5.46. The Morgan fingerprint density at radius 2 is 1.72 bits per heavy atom. The number of rotatable bonds is 10. The summed E-state index contributed by atoms with van der Waals surface area (Å²) in [6.07, 6.45) is 11.3. The minimum absolute atomic E-state index is 0.0818. The number of oxime groups is 1. The maximum Gasteiger partial charge on any atom is 0.349 e. The van der Waals surface area contributed by atoms with Crippen molar-refractivity contribution in [3.05, 3.63) is 84.5 Å². The number of hydrogen-bond donors (Lipinski definition) is 0. The van der Waals surface area contributed by atoms with E-state index >= 15 is 0 Å². The predicted octanol–water partition coefficient (Wildman–Crippen LogP) is 6.66. The zero-order chi connectivity index (χ0) is 22.8. The maximum atomic E-state index is 13.2. The standard InChI is InChI=1S/C27H29NO3S/c1-3-4-7-14-25(29)21(2)28-31-26(30)27(19-10-6-11-20-27)22-15-17-24(18-16-22)32-23-12-8-5-9-13-23/h5-6,8-13,15-19H,3-4,7,14,20H2,1-2H3. The largest absolute Gasteiger partial charge is 0.349 e. The normalized spacial score (nSPS) is 17.9. The van der Waals surface area contributed by atoms with E-state index in [0.717, 1.165) is 34.6 Å². The van der Waals surface area contributed by atoms with Gasteiger partial charge in [0.05, 0.1) is 0 Å². The lowest BCUT2D eigenvalue weighted by Crippen LogP contribution is -2.35. The van der Waals surface area contributed by atoms with Crippen molar-refractivity contribution in [2.24, 2.45) is 5.16 Å². The van der Waals surface area contributed by atoms with Crippen LogP contribution in [-0.2, 0) is 19.8 Å². The SMILES string of the molecule is CCCCCC(=O)C(C)=NOC(=O)C1(c2ccc(Sc3ccccc3)cc2)C=CC=CC1. The Balaban J connectivity index is 1.74. The third kappa shape index (κ3) is 6.07. The van der Waals surface area contributed by atoms with Crippen molar-refractivity contribution in [3.63, 3.8) is 0 Å². The van der Waals surface area contributed by atoms with E-state index in [4.69, 9.17) is 4.84 Å². The molecule has 0 aromatic heterocycles. The summed E-state index contributed by atoms with van der Waals surface area (Å²) >= 11 is 1.67. The van der Waals surface area contributed by atoms with Crippen molar-refractivity contribution < 1.29 is 14.4 Å². The maximum absolute atomic E-state index is 13.2. The molecule has 0 fully saturated rings. The van der Waals surface area contributed by atoms with E-state index in [9.17, 15) is 9.59 Å². The Hall–Kier alpha value is -2.92. The molecule has 0 aliphatic heterocycles. The average Bonchev–Trinajstić information content (AvgIpc) is 2.84. The molecule has 3 rings (SSSR count). The average molecular weight is 448 g/mol. The van der Waals surface area contributed by atoms with E-state index in [2.05, 4.69) is 24.2 Å². The smallest absolute Gasteiger partial charge is 0.317 e. The van der Waals surface area contributed by atoms with Crippen LogP contribution in [0.4, 0.5) is 0 Å². The van der Waals surface area contributed by atoms with Crippen LogP contribution in [0.5, 0.6) is 0 Å². The molecular weight excluding hydrogens is 418 g/mol. The number of ketones is 1. The zero-order valence-electron chi connectivity index (χ0n) is 18.6. The third-order valence-corrected chi connectivity index (χ3v) is 6.47. The highest BCUT2D eigenvalue weighted by molar-refractivity contribution is 7.99. The van der Waals surface area contributed by atoms with Crippen molar-refractivity contribution in [3.8, 4) is 0 Å². The van der Waals surface area contributed by atoms with Gasteiger partial charge in [0.15, 0.2) is 5.78 Å². The van der Waals surface area contributed by atoms with E-state index in [1.807, 2.05) is 66.8 Å². The van der Waals surface area contributed by atoms with Crippen LogP contribution in [0.1, 0.15) is 51.5 Å². The molecule has 1 unspecified atom stereocenters. The molecule has 0 bridgehead atoms. The number of unbranched alkanes of at least 4 members (excludes halogenated alkanes) is 2. The molecule has 166 valence electrons. The number of benzene rings is 2. The van der Waals surface area contributed by atoms with Gasteiger partial charge < -0.3 is 4.84 Å². The monoisotopic (exact) mass is 447 g/mol. The molecule has 0 saturated heterocycles. The van der Waals surface area contributed by atoms with Crippen LogP contribution in [0.25, 0.3) is 0 Å². The van der Waals surface area contributed by atoms with Gasteiger partial charge in [-0.25, -0.2) is 4.79 Å². The Bertz CT molecular complexity index is 1010. The molecule has 1 aliphatic carbocycles. The van der Waals surface area contributed by atoms with Gasteiger partial charge in [0.2, 0.25) is 0 Å². The molecule has 0 heterocycles. The highest BCUT2D eigenvalue weighted by Gasteiger charge is 2.40. The Kier molecular flexibility index (Phi) is 8.63. The Morgan fingerprint density at radius 1 is 1.00 bits per heavy atom. The summed E-state index contributed by atoms with van der Waals surface area (Å²) in [4.78, 5) is 32.9. The van der Waals surface area contributed by atoms with Crippen LogP contribution in [0.15, 0.2) is 93.8 Å². The Morgan fingerprint density at radius 3 is 2.38 bits per heavy atom. The van der Waals surface area contributed by atoms with E-state index in [-0.39, 0.29) is 11.5 Å². The first kappa shape index (κ1) is 23.7. The van der Waals surface area contributed by atoms with Crippen molar-refractivity contribution in [1.29, 1.82) is 0 Å². The van der Waals surface area contributed by atoms with Crippen molar-refractivity contribution in [2.75, 3.05) is 0 Å². The topological polar surface area (TPSA) is 55.7 Å². The summed E-state index contributed by atoms with van der Waals surface area (Å²) < 4.78 is 0. The lowest BCUT2D eigenvalue weighted by atomic mass is 9.75. The molecule has 1 atom stereocenters. The quantitative estimate of drug-likeness (QED) is 0.177. The van der Waals surface area contributed by atoms with Gasteiger partial charge in [-0.3, -0.25) is 4.79 Å². The van der Waals surface area contributed by atoms with Crippen LogP contribution in [-0.4, -0.2) is 17.5 Å². The van der Waals surface area contributed by atoms with Gasteiger partial charge in [-0.05, 0) is 49.6 Å². The molecule has 0 amide bonds. The summed E-state index contributed by atoms with van der Waals surface area (Å²) in [5.74, 6) is -0.566. The number of allylic oxidation sites excluding steroid dienone is 3. The fourth-order valence-electron chi connectivity index (χ4n) is 3.51. The lowest BCUT2D eigenvalue weighted by molar-refractivity contribution is -0.148. The highest BCUT2D eigenvalue weighted by atomic mass is 32.2. The van der Waals surface area contributed by atoms with E-state index in [1.165, 1.54) is 0 Å². The van der Waals surface area contributed by atoms with E-state index < -0.39 is 11.4 Å². The molecule has 0 spiro atoms. The zero-order valence-corrected chi connectivity index (χ0v) is 19.4. The van der Waals surface area contributed by atoms with Crippen molar-refractivity contribution >= 4 is 29.2 Å². The van der Waals surface area contributed by atoms with Gasteiger partial charge in [-0.1, -0.05) is 91.3 Å². The molecule has 0 radical (unpaired) electrons. The summed E-state index contributed by atoms with van der Waals surface area (Å²) in [6.45, 7) is 3.69. The Labute approximate surface area is 194 Å². The molecule has 0 saturated carbocycles. The molecule has 1 aliphatic rings. The van der Waals surface area contributed by atoms with Crippen LogP contribution >= 0.6 is 11.8 Å². The fraction of sp³-hybridized carbons (Fsp3) is 0.296. The van der Waals surface area contributed by atoms with Crippen LogP contribution in [0.3, 0.4) is 0 Å². The van der Waals surface area contributed by atoms with Crippen molar-refractivity contribution in [2.45, 2.75) is 61.2 Å². The number of Topliss-reactive ketones (excluding diaryl/α,β-unsaturated/α-hetero) is 1. The van der Waals surface area contributed by atoms with E-state index in [0.29, 0.717) is 12.8 Å². The van der Waals surface area contributed by atoms with Gasteiger partial charge in [0.1, 0.15) is 11.1 Å². The second-order valence-electron chi connectivity index (χ2n) is 7.84. The number of nitrogens with zero attached hydrogens (tertiary/aromatic N) is 1. The number of carbonyl (C=O) groups excluding carboxylic acids is 2. The first-order valence-electron chi connectivity index (χ1n) is 11.0. The van der Waals surface area contributed by atoms with E-state index in [1.54, 1.807) is 18.7 Å². The van der Waals surface area contributed by atoms with Gasteiger partial charge in [0, 0.05) is 16.2 Å². The molecular formula is C27H29NO3S. The fourth-order valence-corrected chi connectivity index (χ4v) is 4.34. The highest BCUT2D eigenvalue weighted by Crippen LogP contribution is 2.36. The minimum Gasteiger partial charge on any atom is -0.317 e. The van der Waals surface area contributed by atoms with Gasteiger partial charge in [0.25, 0.3) is 0 Å². The van der Waals surface area contributed by atoms with Crippen LogP contribution < -0.4 is 0 Å². The number of hydrogen-bond acceptors (Lipinski definition) is 5.